The largest absolute Gasteiger partial charge is 0.423 e. The van der Waals surface area contributed by atoms with Gasteiger partial charge in [-0.05, 0) is 0 Å². The van der Waals surface area contributed by atoms with Crippen molar-refractivity contribution < 1.29 is 9.21 Å². The smallest absolute Gasteiger partial charge is 0.234 e. The number of aromatic nitrogens is 2. The predicted octanol–water partition coefficient (Wildman–Crippen LogP) is 0.446. The molecular formula is C8H11N3O2S. The van der Waals surface area contributed by atoms with Crippen LogP contribution in [0.2, 0.25) is 0 Å². The van der Waals surface area contributed by atoms with Crippen molar-refractivity contribution in [2.24, 2.45) is 5.73 Å². The van der Waals surface area contributed by atoms with Crippen LogP contribution < -0.4 is 5.73 Å². The first-order valence-electron chi connectivity index (χ1n) is 4.42. The van der Waals surface area contributed by atoms with Crippen molar-refractivity contribution in [3.05, 3.63) is 11.8 Å². The molecule has 1 heterocycles. The van der Waals surface area contributed by atoms with Gasteiger partial charge in [-0.1, -0.05) is 0 Å². The van der Waals surface area contributed by atoms with Gasteiger partial charge in [-0.3, -0.25) is 4.79 Å². The van der Waals surface area contributed by atoms with Crippen LogP contribution in [-0.2, 0) is 4.79 Å². The van der Waals surface area contributed by atoms with Crippen LogP contribution in [0.3, 0.4) is 0 Å². The highest BCUT2D eigenvalue weighted by Crippen LogP contribution is 2.32. The maximum atomic E-state index is 10.8. The van der Waals surface area contributed by atoms with Crippen LogP contribution in [-0.4, -0.2) is 21.7 Å². The van der Waals surface area contributed by atoms with E-state index in [0.717, 1.165) is 0 Å². The number of nitrogens with two attached hydrogens (primary N) is 1. The van der Waals surface area contributed by atoms with Crippen LogP contribution in [0.4, 0.5) is 0 Å². The summed E-state index contributed by atoms with van der Waals surface area (Å²) in [6.07, 6.45) is 1.02. The van der Waals surface area contributed by atoms with Gasteiger partial charge in [0.2, 0.25) is 11.8 Å². The molecule has 5 nitrogen and oxygen atoms in total. The summed E-state index contributed by atoms with van der Waals surface area (Å²) in [6.45, 7) is 0. The van der Waals surface area contributed by atoms with E-state index >= 15 is 0 Å². The van der Waals surface area contributed by atoms with Gasteiger partial charge in [0.05, 0.1) is 12.0 Å². The Kier molecular flexibility index (Phi) is 2.56. The first-order valence-corrected chi connectivity index (χ1v) is 5.05. The molecule has 76 valence electrons. The Morgan fingerprint density at radius 3 is 2.86 bits per heavy atom. The van der Waals surface area contributed by atoms with Crippen molar-refractivity contribution in [3.63, 3.8) is 0 Å². The highest BCUT2D eigenvalue weighted by molar-refractivity contribution is 7.80. The van der Waals surface area contributed by atoms with E-state index in [1.165, 1.54) is 0 Å². The fourth-order valence-electron chi connectivity index (χ4n) is 1.30. The molecule has 0 bridgehead atoms. The average Bonchev–Trinajstić information content (AvgIpc) is 2.60. The lowest BCUT2D eigenvalue weighted by atomic mass is 9.84. The van der Waals surface area contributed by atoms with E-state index in [2.05, 4.69) is 22.8 Å². The van der Waals surface area contributed by atoms with Crippen LogP contribution in [0.1, 0.15) is 36.6 Å². The summed E-state index contributed by atoms with van der Waals surface area (Å²) >= 11 is 4.03. The number of hydrogen-bond acceptors (Lipinski definition) is 6. The summed E-state index contributed by atoms with van der Waals surface area (Å²) in [7, 11) is 0. The molecule has 1 aliphatic carbocycles. The second-order valence-corrected chi connectivity index (χ2v) is 3.78. The van der Waals surface area contributed by atoms with E-state index in [1.807, 2.05) is 0 Å². The van der Waals surface area contributed by atoms with Crippen LogP contribution in [0, 0.1) is 0 Å². The fourth-order valence-corrected chi connectivity index (χ4v) is 1.46. The van der Waals surface area contributed by atoms with Gasteiger partial charge in [0, 0.05) is 18.6 Å². The summed E-state index contributed by atoms with van der Waals surface area (Å²) in [4.78, 5) is 10.8. The van der Waals surface area contributed by atoms with Gasteiger partial charge in [-0.2, -0.15) is 12.6 Å². The van der Waals surface area contributed by atoms with Crippen molar-refractivity contribution in [1.29, 1.82) is 0 Å². The lowest BCUT2D eigenvalue weighted by molar-refractivity contribution is -0.125. The van der Waals surface area contributed by atoms with E-state index in [9.17, 15) is 4.79 Å². The zero-order valence-corrected chi connectivity index (χ0v) is 8.41. The SMILES string of the molecule is NC(CS)c1nnc(C2CC(=O)C2)o1. The molecule has 14 heavy (non-hydrogen) atoms. The van der Waals surface area contributed by atoms with Crippen LogP contribution in [0.15, 0.2) is 4.42 Å². The molecule has 1 aromatic heterocycles. The number of ketones is 1. The highest BCUT2D eigenvalue weighted by atomic mass is 32.1. The minimum atomic E-state index is -0.324. The standard InChI is InChI=1S/C8H11N3O2S/c9-6(3-14)8-11-10-7(13-8)4-1-5(12)2-4/h4,6,14H,1-3,9H2. The third kappa shape index (κ3) is 1.67. The Labute approximate surface area is 86.5 Å². The van der Waals surface area contributed by atoms with E-state index in [0.29, 0.717) is 30.4 Å². The minimum Gasteiger partial charge on any atom is -0.423 e. The Balaban J connectivity index is 2.06. The predicted molar refractivity (Wildman–Crippen MR) is 52.1 cm³/mol. The Morgan fingerprint density at radius 1 is 1.57 bits per heavy atom. The van der Waals surface area contributed by atoms with Crippen LogP contribution >= 0.6 is 12.6 Å². The normalized spacial score (nSPS) is 19.4. The molecule has 2 N–H and O–H groups in total. The summed E-state index contributed by atoms with van der Waals surface area (Å²) in [6, 6.07) is -0.324. The van der Waals surface area contributed by atoms with Gasteiger partial charge in [-0.25, -0.2) is 0 Å². The molecule has 1 unspecified atom stereocenters. The molecule has 1 aromatic rings. The number of Topliss-reactive ketones (excluding diaryl/α,β-unsaturated/α-hetero) is 1. The molecule has 2 rings (SSSR count). The van der Waals surface area contributed by atoms with Gasteiger partial charge < -0.3 is 10.2 Å². The maximum Gasteiger partial charge on any atom is 0.234 e. The van der Waals surface area contributed by atoms with Crippen LogP contribution in [0.25, 0.3) is 0 Å². The topological polar surface area (TPSA) is 82.0 Å². The molecular weight excluding hydrogens is 202 g/mol. The zero-order chi connectivity index (χ0) is 10.1. The molecule has 1 saturated carbocycles. The molecule has 0 radical (unpaired) electrons. The monoisotopic (exact) mass is 213 g/mol. The highest BCUT2D eigenvalue weighted by Gasteiger charge is 2.32. The minimum absolute atomic E-state index is 0.107. The Bertz CT molecular complexity index is 344. The average molecular weight is 213 g/mol. The van der Waals surface area contributed by atoms with Gasteiger partial charge >= 0.3 is 0 Å². The molecule has 0 amide bonds. The summed E-state index contributed by atoms with van der Waals surface area (Å²) < 4.78 is 5.34. The molecule has 0 aromatic carbocycles. The quantitative estimate of drug-likeness (QED) is 0.712. The molecule has 1 aliphatic rings. The Hall–Kier alpha value is -0.880. The number of carbonyl (C=O) groups excluding carboxylic acids is 1. The van der Waals surface area contributed by atoms with E-state index < -0.39 is 0 Å². The van der Waals surface area contributed by atoms with Crippen molar-refractivity contribution in [2.75, 3.05) is 5.75 Å². The summed E-state index contributed by atoms with van der Waals surface area (Å²) in [5.74, 6) is 1.74. The second kappa shape index (κ2) is 3.70. The molecule has 6 heteroatoms. The van der Waals surface area contributed by atoms with Crippen molar-refractivity contribution in [1.82, 2.24) is 10.2 Å². The lowest BCUT2D eigenvalue weighted by Gasteiger charge is -2.19. The van der Waals surface area contributed by atoms with E-state index in [1.54, 1.807) is 0 Å². The maximum absolute atomic E-state index is 10.8. The summed E-state index contributed by atoms with van der Waals surface area (Å²) in [5.41, 5.74) is 5.65. The lowest BCUT2D eigenvalue weighted by Crippen LogP contribution is -2.21. The first-order chi connectivity index (χ1) is 6.70. The molecule has 1 fully saturated rings. The number of thiol groups is 1. The number of carbonyl (C=O) groups is 1. The van der Waals surface area contributed by atoms with Gasteiger partial charge in [0.15, 0.2) is 0 Å². The van der Waals surface area contributed by atoms with E-state index in [4.69, 9.17) is 10.2 Å². The summed E-state index contributed by atoms with van der Waals surface area (Å²) in [5, 5.41) is 7.67. The number of hydrogen-bond donors (Lipinski definition) is 2. The second-order valence-electron chi connectivity index (χ2n) is 3.41. The first kappa shape index (κ1) is 9.67. The molecule has 1 atom stereocenters. The third-order valence-electron chi connectivity index (χ3n) is 2.27. The molecule has 0 spiro atoms. The zero-order valence-electron chi connectivity index (χ0n) is 7.51. The van der Waals surface area contributed by atoms with Crippen molar-refractivity contribution in [2.45, 2.75) is 24.8 Å². The van der Waals surface area contributed by atoms with E-state index in [-0.39, 0.29) is 17.7 Å². The molecule has 0 saturated heterocycles. The fraction of sp³-hybridized carbons (Fsp3) is 0.625. The number of rotatable bonds is 3. The van der Waals surface area contributed by atoms with Gasteiger partial charge in [0.1, 0.15) is 5.78 Å². The van der Waals surface area contributed by atoms with Crippen molar-refractivity contribution in [3.8, 4) is 0 Å². The van der Waals surface area contributed by atoms with Crippen LogP contribution in [0.5, 0.6) is 0 Å². The van der Waals surface area contributed by atoms with Gasteiger partial charge in [0.25, 0.3) is 0 Å². The Morgan fingerprint density at radius 2 is 2.29 bits per heavy atom. The number of nitrogens with zero attached hydrogens (tertiary/aromatic N) is 2. The van der Waals surface area contributed by atoms with Crippen molar-refractivity contribution >= 4 is 18.4 Å². The third-order valence-corrected chi connectivity index (χ3v) is 2.66. The van der Waals surface area contributed by atoms with Gasteiger partial charge in [-0.15, -0.1) is 10.2 Å². The molecule has 0 aliphatic heterocycles.